The molecule has 0 spiro atoms. The summed E-state index contributed by atoms with van der Waals surface area (Å²) < 4.78 is 6.60. The van der Waals surface area contributed by atoms with Crippen molar-refractivity contribution in [2.75, 3.05) is 6.61 Å². The molecule has 1 aromatic carbocycles. The van der Waals surface area contributed by atoms with Crippen molar-refractivity contribution in [2.45, 2.75) is 6.42 Å². The first-order valence-corrected chi connectivity index (χ1v) is 7.74. The van der Waals surface area contributed by atoms with Crippen molar-refractivity contribution in [1.82, 2.24) is 0 Å². The van der Waals surface area contributed by atoms with Crippen molar-refractivity contribution in [3.05, 3.63) is 56.7 Å². The minimum atomic E-state index is -0.978. The number of hydrogen-bond acceptors (Lipinski definition) is 3. The zero-order valence-electron chi connectivity index (χ0n) is 10.6. The summed E-state index contributed by atoms with van der Waals surface area (Å²) in [6.45, 7) is 0.549. The average molecular weight is 353 g/mol. The predicted octanol–water partition coefficient (Wildman–Crippen LogP) is 4.23. The van der Waals surface area contributed by atoms with Crippen LogP contribution in [0.1, 0.15) is 11.1 Å². The smallest absolute Gasteiger partial charge is 0.328 e. The Morgan fingerprint density at radius 1 is 1.40 bits per heavy atom. The van der Waals surface area contributed by atoms with Gasteiger partial charge in [-0.05, 0) is 50.5 Å². The highest BCUT2D eigenvalue weighted by Crippen LogP contribution is 2.30. The van der Waals surface area contributed by atoms with Gasteiger partial charge in [0.25, 0.3) is 0 Å². The third kappa shape index (κ3) is 4.21. The van der Waals surface area contributed by atoms with Gasteiger partial charge >= 0.3 is 5.97 Å². The lowest BCUT2D eigenvalue weighted by Gasteiger charge is -2.10. The maximum atomic E-state index is 10.6. The molecule has 0 saturated carbocycles. The SMILES string of the molecule is O=C(O)C=Cc1cccc(Br)c1OCCc1ccsc1. The number of rotatable bonds is 6. The molecule has 0 atom stereocenters. The molecule has 0 aliphatic carbocycles. The fourth-order valence-electron chi connectivity index (χ4n) is 1.68. The van der Waals surface area contributed by atoms with Gasteiger partial charge < -0.3 is 9.84 Å². The second-order valence-electron chi connectivity index (χ2n) is 4.06. The molecule has 1 aromatic heterocycles. The molecule has 1 heterocycles. The first kappa shape index (κ1) is 14.8. The molecule has 0 saturated heterocycles. The molecule has 0 bridgehead atoms. The Morgan fingerprint density at radius 2 is 2.25 bits per heavy atom. The van der Waals surface area contributed by atoms with Gasteiger partial charge in [0.15, 0.2) is 0 Å². The summed E-state index contributed by atoms with van der Waals surface area (Å²) in [6.07, 6.45) is 3.47. The van der Waals surface area contributed by atoms with Crippen LogP contribution in [0.15, 0.2) is 45.6 Å². The Bertz CT molecular complexity index is 606. The number of para-hydroxylation sites is 1. The van der Waals surface area contributed by atoms with Gasteiger partial charge in [0.05, 0.1) is 11.1 Å². The second-order valence-corrected chi connectivity index (χ2v) is 5.69. The highest BCUT2D eigenvalue weighted by molar-refractivity contribution is 9.10. The molecule has 104 valence electrons. The molecule has 5 heteroatoms. The van der Waals surface area contributed by atoms with E-state index in [0.717, 1.165) is 22.5 Å². The zero-order valence-corrected chi connectivity index (χ0v) is 13.0. The molecule has 1 N–H and O–H groups in total. The van der Waals surface area contributed by atoms with E-state index in [1.54, 1.807) is 11.3 Å². The molecular weight excluding hydrogens is 340 g/mol. The minimum Gasteiger partial charge on any atom is -0.491 e. The van der Waals surface area contributed by atoms with E-state index in [1.165, 1.54) is 11.6 Å². The number of carbonyl (C=O) groups is 1. The molecule has 3 nitrogen and oxygen atoms in total. The molecule has 0 unspecified atom stereocenters. The number of carboxylic acid groups (broad SMARTS) is 1. The number of benzene rings is 1. The average Bonchev–Trinajstić information content (AvgIpc) is 2.92. The van der Waals surface area contributed by atoms with Crippen molar-refractivity contribution in [3.63, 3.8) is 0 Å². The number of ether oxygens (including phenoxy) is 1. The van der Waals surface area contributed by atoms with Crippen LogP contribution >= 0.6 is 27.3 Å². The molecule has 20 heavy (non-hydrogen) atoms. The molecular formula is C15H13BrO3S. The molecule has 2 aromatic rings. The van der Waals surface area contributed by atoms with Gasteiger partial charge in [-0.15, -0.1) is 0 Å². The van der Waals surface area contributed by atoms with E-state index in [-0.39, 0.29) is 0 Å². The maximum absolute atomic E-state index is 10.6. The van der Waals surface area contributed by atoms with E-state index in [0.29, 0.717) is 12.4 Å². The Balaban J connectivity index is 2.07. The van der Waals surface area contributed by atoms with Crippen LogP contribution in [0.25, 0.3) is 6.08 Å². The van der Waals surface area contributed by atoms with E-state index < -0.39 is 5.97 Å². The van der Waals surface area contributed by atoms with Crippen molar-refractivity contribution < 1.29 is 14.6 Å². The van der Waals surface area contributed by atoms with E-state index >= 15 is 0 Å². The van der Waals surface area contributed by atoms with Crippen LogP contribution in [-0.4, -0.2) is 17.7 Å². The lowest BCUT2D eigenvalue weighted by Crippen LogP contribution is -2.02. The summed E-state index contributed by atoms with van der Waals surface area (Å²) in [5, 5.41) is 12.8. The summed E-state index contributed by atoms with van der Waals surface area (Å²) in [5.41, 5.74) is 1.98. The molecule has 0 amide bonds. The van der Waals surface area contributed by atoms with E-state index in [9.17, 15) is 4.79 Å². The summed E-state index contributed by atoms with van der Waals surface area (Å²) >= 11 is 5.09. The lowest BCUT2D eigenvalue weighted by atomic mass is 10.2. The number of hydrogen-bond donors (Lipinski definition) is 1. The third-order valence-corrected chi connectivity index (χ3v) is 3.98. The number of carboxylic acids is 1. The zero-order chi connectivity index (χ0) is 14.4. The van der Waals surface area contributed by atoms with E-state index in [1.807, 2.05) is 23.6 Å². The van der Waals surface area contributed by atoms with Gasteiger partial charge in [-0.1, -0.05) is 12.1 Å². The van der Waals surface area contributed by atoms with Crippen molar-refractivity contribution in [1.29, 1.82) is 0 Å². The fraction of sp³-hybridized carbons (Fsp3) is 0.133. The summed E-state index contributed by atoms with van der Waals surface area (Å²) in [7, 11) is 0. The first-order valence-electron chi connectivity index (χ1n) is 6.00. The number of thiophene rings is 1. The Morgan fingerprint density at radius 3 is 2.95 bits per heavy atom. The summed E-state index contributed by atoms with van der Waals surface area (Å²) in [5.74, 6) is -0.311. The monoisotopic (exact) mass is 352 g/mol. The van der Waals surface area contributed by atoms with Crippen LogP contribution in [0.2, 0.25) is 0 Å². The summed E-state index contributed by atoms with van der Waals surface area (Å²) in [6, 6.07) is 7.61. The van der Waals surface area contributed by atoms with Crippen LogP contribution in [-0.2, 0) is 11.2 Å². The lowest BCUT2D eigenvalue weighted by molar-refractivity contribution is -0.131. The fourth-order valence-corrected chi connectivity index (χ4v) is 2.88. The Kier molecular flexibility index (Phi) is 5.38. The van der Waals surface area contributed by atoms with Crippen molar-refractivity contribution in [2.24, 2.45) is 0 Å². The highest BCUT2D eigenvalue weighted by Gasteiger charge is 2.06. The quantitative estimate of drug-likeness (QED) is 0.791. The van der Waals surface area contributed by atoms with Gasteiger partial charge in [0, 0.05) is 18.1 Å². The second kappa shape index (κ2) is 7.26. The Labute approximate surface area is 129 Å². The minimum absolute atomic E-state index is 0.549. The van der Waals surface area contributed by atoms with Crippen molar-refractivity contribution in [3.8, 4) is 5.75 Å². The predicted molar refractivity (Wildman–Crippen MR) is 84.3 cm³/mol. The third-order valence-electron chi connectivity index (χ3n) is 2.62. The van der Waals surface area contributed by atoms with Gasteiger partial charge in [0.2, 0.25) is 0 Å². The Hall–Kier alpha value is -1.59. The molecule has 0 radical (unpaired) electrons. The van der Waals surface area contributed by atoms with Crippen LogP contribution < -0.4 is 4.74 Å². The van der Waals surface area contributed by atoms with Gasteiger partial charge in [-0.25, -0.2) is 4.79 Å². The van der Waals surface area contributed by atoms with E-state index in [2.05, 4.69) is 27.4 Å². The van der Waals surface area contributed by atoms with E-state index in [4.69, 9.17) is 9.84 Å². The summed E-state index contributed by atoms with van der Waals surface area (Å²) in [4.78, 5) is 10.6. The van der Waals surface area contributed by atoms with Crippen LogP contribution in [0.5, 0.6) is 5.75 Å². The van der Waals surface area contributed by atoms with Gasteiger partial charge in [-0.3, -0.25) is 0 Å². The van der Waals surface area contributed by atoms with Gasteiger partial charge in [0.1, 0.15) is 5.75 Å². The topological polar surface area (TPSA) is 46.5 Å². The number of halogens is 1. The maximum Gasteiger partial charge on any atom is 0.328 e. The first-order chi connectivity index (χ1) is 9.66. The van der Waals surface area contributed by atoms with Crippen molar-refractivity contribution >= 4 is 39.3 Å². The molecule has 0 aliphatic heterocycles. The number of aliphatic carboxylic acids is 1. The molecule has 0 fully saturated rings. The standard InChI is InChI=1S/C15H13BrO3S/c16-13-3-1-2-12(4-5-14(17)18)15(13)19-8-6-11-7-9-20-10-11/h1-5,7,9-10H,6,8H2,(H,17,18). The van der Waals surface area contributed by atoms with Gasteiger partial charge in [-0.2, -0.15) is 11.3 Å². The van der Waals surface area contributed by atoms with Crippen LogP contribution in [0.4, 0.5) is 0 Å². The molecule has 0 aliphatic rings. The highest BCUT2D eigenvalue weighted by atomic mass is 79.9. The largest absolute Gasteiger partial charge is 0.491 e. The molecule has 2 rings (SSSR count). The normalized spacial score (nSPS) is 10.8. The van der Waals surface area contributed by atoms with Crippen LogP contribution in [0.3, 0.4) is 0 Å². The van der Waals surface area contributed by atoms with Crippen LogP contribution in [0, 0.1) is 0 Å².